The van der Waals surface area contributed by atoms with Gasteiger partial charge in [-0.15, -0.1) is 0 Å². The van der Waals surface area contributed by atoms with Crippen LogP contribution in [0.5, 0.6) is 0 Å². The summed E-state index contributed by atoms with van der Waals surface area (Å²) in [6.07, 6.45) is 6.25. The van der Waals surface area contributed by atoms with Crippen LogP contribution in [0, 0.1) is 5.92 Å². The lowest BCUT2D eigenvalue weighted by molar-refractivity contribution is 0.0580. The molecular weight excluding hydrogens is 150 g/mol. The fourth-order valence-corrected chi connectivity index (χ4v) is 2.05. The van der Waals surface area contributed by atoms with Gasteiger partial charge < -0.3 is 10.4 Å². The normalized spacial score (nSPS) is 25.2. The summed E-state index contributed by atoms with van der Waals surface area (Å²) in [6.45, 7) is 2.05. The second-order valence-corrected chi connectivity index (χ2v) is 3.97. The van der Waals surface area contributed by atoms with Crippen molar-refractivity contribution >= 4 is 0 Å². The molecule has 2 N–H and O–H groups in total. The number of hydrogen-bond donors (Lipinski definition) is 2. The van der Waals surface area contributed by atoms with Crippen LogP contribution >= 0.6 is 0 Å². The number of hydrogen-bond acceptors (Lipinski definition) is 2. The molecule has 0 spiro atoms. The van der Waals surface area contributed by atoms with Crippen molar-refractivity contribution in [2.75, 3.05) is 7.05 Å². The number of aliphatic hydroxyl groups excluding tert-OH is 1. The molecule has 0 aromatic rings. The predicted molar refractivity (Wildman–Crippen MR) is 51.1 cm³/mol. The Morgan fingerprint density at radius 3 is 2.33 bits per heavy atom. The van der Waals surface area contributed by atoms with E-state index in [9.17, 15) is 5.11 Å². The van der Waals surface area contributed by atoms with E-state index in [-0.39, 0.29) is 12.1 Å². The molecule has 1 fully saturated rings. The quantitative estimate of drug-likeness (QED) is 0.675. The van der Waals surface area contributed by atoms with Gasteiger partial charge in [-0.25, -0.2) is 0 Å². The van der Waals surface area contributed by atoms with E-state index in [0.29, 0.717) is 5.92 Å². The molecule has 0 radical (unpaired) electrons. The standard InChI is InChI=1S/C10H21NO/c1-8(11-2)10(12)9-6-4-3-5-7-9/h8-12H,3-7H2,1-2H3/t8-,10+/m1/s1. The molecular formula is C10H21NO. The molecule has 1 saturated carbocycles. The van der Waals surface area contributed by atoms with Crippen molar-refractivity contribution in [2.24, 2.45) is 5.92 Å². The summed E-state index contributed by atoms with van der Waals surface area (Å²) in [5.74, 6) is 0.543. The van der Waals surface area contributed by atoms with Crippen molar-refractivity contribution in [3.8, 4) is 0 Å². The van der Waals surface area contributed by atoms with Crippen molar-refractivity contribution in [3.63, 3.8) is 0 Å². The molecule has 0 saturated heterocycles. The van der Waals surface area contributed by atoms with Gasteiger partial charge in [-0.05, 0) is 32.7 Å². The van der Waals surface area contributed by atoms with Gasteiger partial charge in [0, 0.05) is 6.04 Å². The number of aliphatic hydroxyl groups is 1. The van der Waals surface area contributed by atoms with Crippen LogP contribution in [0.3, 0.4) is 0 Å². The largest absolute Gasteiger partial charge is 0.391 e. The first-order valence-corrected chi connectivity index (χ1v) is 5.11. The van der Waals surface area contributed by atoms with Gasteiger partial charge in [-0.1, -0.05) is 19.3 Å². The molecule has 0 heterocycles. The lowest BCUT2D eigenvalue weighted by atomic mass is 9.83. The Morgan fingerprint density at radius 1 is 1.25 bits per heavy atom. The first-order valence-electron chi connectivity index (χ1n) is 5.11. The molecule has 0 aromatic heterocycles. The van der Waals surface area contributed by atoms with E-state index in [1.54, 1.807) is 0 Å². The summed E-state index contributed by atoms with van der Waals surface area (Å²) in [5.41, 5.74) is 0. The molecule has 0 bridgehead atoms. The average molecular weight is 171 g/mol. The molecule has 0 aliphatic heterocycles. The van der Waals surface area contributed by atoms with Gasteiger partial charge in [0.05, 0.1) is 6.10 Å². The van der Waals surface area contributed by atoms with Gasteiger partial charge in [0.15, 0.2) is 0 Å². The van der Waals surface area contributed by atoms with Crippen LogP contribution in [-0.4, -0.2) is 24.3 Å². The lowest BCUT2D eigenvalue weighted by Crippen LogP contribution is -2.40. The van der Waals surface area contributed by atoms with Gasteiger partial charge in [-0.3, -0.25) is 0 Å². The Labute approximate surface area is 75.4 Å². The summed E-state index contributed by atoms with van der Waals surface area (Å²) in [4.78, 5) is 0. The highest BCUT2D eigenvalue weighted by molar-refractivity contribution is 4.79. The number of rotatable bonds is 3. The minimum atomic E-state index is -0.143. The Hall–Kier alpha value is -0.0800. The molecule has 1 rings (SSSR count). The van der Waals surface area contributed by atoms with Crippen LogP contribution in [-0.2, 0) is 0 Å². The molecule has 1 aliphatic rings. The maximum atomic E-state index is 9.88. The zero-order chi connectivity index (χ0) is 8.97. The maximum absolute atomic E-state index is 9.88. The molecule has 12 heavy (non-hydrogen) atoms. The first kappa shape index (κ1) is 10.0. The van der Waals surface area contributed by atoms with Crippen LogP contribution in [0.15, 0.2) is 0 Å². The van der Waals surface area contributed by atoms with Crippen LogP contribution in [0.4, 0.5) is 0 Å². The average Bonchev–Trinajstić information content (AvgIpc) is 2.17. The van der Waals surface area contributed by atoms with Crippen molar-refractivity contribution in [1.82, 2.24) is 5.32 Å². The van der Waals surface area contributed by atoms with Crippen LogP contribution < -0.4 is 5.32 Å². The minimum absolute atomic E-state index is 0.143. The highest BCUT2D eigenvalue weighted by atomic mass is 16.3. The lowest BCUT2D eigenvalue weighted by Gasteiger charge is -2.30. The minimum Gasteiger partial charge on any atom is -0.391 e. The van der Waals surface area contributed by atoms with Crippen molar-refractivity contribution in [1.29, 1.82) is 0 Å². The van der Waals surface area contributed by atoms with Crippen LogP contribution in [0.2, 0.25) is 0 Å². The Kier molecular flexibility index (Phi) is 4.02. The highest BCUT2D eigenvalue weighted by Crippen LogP contribution is 2.27. The molecule has 2 heteroatoms. The fourth-order valence-electron chi connectivity index (χ4n) is 2.05. The highest BCUT2D eigenvalue weighted by Gasteiger charge is 2.24. The van der Waals surface area contributed by atoms with E-state index in [4.69, 9.17) is 0 Å². The first-order chi connectivity index (χ1) is 5.75. The summed E-state index contributed by atoms with van der Waals surface area (Å²) in [7, 11) is 1.91. The van der Waals surface area contributed by atoms with Gasteiger partial charge in [0.2, 0.25) is 0 Å². The molecule has 0 aromatic carbocycles. The summed E-state index contributed by atoms with van der Waals surface area (Å²) < 4.78 is 0. The Morgan fingerprint density at radius 2 is 1.83 bits per heavy atom. The van der Waals surface area contributed by atoms with Gasteiger partial charge in [0.25, 0.3) is 0 Å². The molecule has 1 aliphatic carbocycles. The summed E-state index contributed by atoms with van der Waals surface area (Å²) in [6, 6.07) is 0.244. The third kappa shape index (κ3) is 2.46. The number of likely N-dealkylation sites (N-methyl/N-ethyl adjacent to an activating group) is 1. The maximum Gasteiger partial charge on any atom is 0.0718 e. The SMILES string of the molecule is CN[C@H](C)[C@H](O)C1CCCCC1. The zero-order valence-electron chi connectivity index (χ0n) is 8.21. The summed E-state index contributed by atoms with van der Waals surface area (Å²) >= 11 is 0. The molecule has 2 atom stereocenters. The Balaban J connectivity index is 2.33. The molecule has 2 nitrogen and oxygen atoms in total. The van der Waals surface area contributed by atoms with Crippen molar-refractivity contribution in [3.05, 3.63) is 0 Å². The third-order valence-electron chi connectivity index (χ3n) is 3.10. The van der Waals surface area contributed by atoms with Crippen molar-refractivity contribution < 1.29 is 5.11 Å². The van der Waals surface area contributed by atoms with E-state index < -0.39 is 0 Å². The van der Waals surface area contributed by atoms with Gasteiger partial charge in [0.1, 0.15) is 0 Å². The zero-order valence-corrected chi connectivity index (χ0v) is 8.21. The number of nitrogens with one attached hydrogen (secondary N) is 1. The fraction of sp³-hybridized carbons (Fsp3) is 1.00. The molecule has 0 unspecified atom stereocenters. The second-order valence-electron chi connectivity index (χ2n) is 3.97. The predicted octanol–water partition coefficient (Wildman–Crippen LogP) is 1.54. The van der Waals surface area contributed by atoms with Crippen LogP contribution in [0.1, 0.15) is 39.0 Å². The smallest absolute Gasteiger partial charge is 0.0718 e. The van der Waals surface area contributed by atoms with E-state index in [2.05, 4.69) is 12.2 Å². The monoisotopic (exact) mass is 171 g/mol. The van der Waals surface area contributed by atoms with Gasteiger partial charge >= 0.3 is 0 Å². The topological polar surface area (TPSA) is 32.3 Å². The molecule has 72 valence electrons. The Bertz CT molecular complexity index is 121. The molecule has 0 amide bonds. The van der Waals surface area contributed by atoms with E-state index in [1.807, 2.05) is 7.05 Å². The van der Waals surface area contributed by atoms with Gasteiger partial charge in [-0.2, -0.15) is 0 Å². The van der Waals surface area contributed by atoms with E-state index in [0.717, 1.165) is 0 Å². The van der Waals surface area contributed by atoms with Crippen LogP contribution in [0.25, 0.3) is 0 Å². The van der Waals surface area contributed by atoms with E-state index >= 15 is 0 Å². The third-order valence-corrected chi connectivity index (χ3v) is 3.10. The summed E-state index contributed by atoms with van der Waals surface area (Å²) in [5, 5.41) is 13.0. The van der Waals surface area contributed by atoms with E-state index in [1.165, 1.54) is 32.1 Å². The second kappa shape index (κ2) is 4.83. The van der Waals surface area contributed by atoms with Crippen molar-refractivity contribution in [2.45, 2.75) is 51.2 Å².